The Morgan fingerprint density at radius 3 is 1.26 bits per heavy atom. The topological polar surface area (TPSA) is 31.5 Å². The van der Waals surface area contributed by atoms with Crippen LogP contribution in [0.1, 0.15) is 107 Å². The predicted octanol–water partition coefficient (Wildman–Crippen LogP) is 6.65. The first kappa shape index (κ1) is 24.0. The highest BCUT2D eigenvalue weighted by atomic mass is 16.0. The first-order valence-electron chi connectivity index (χ1n) is 8.72. The molecule has 0 amide bonds. The van der Waals surface area contributed by atoms with Gasteiger partial charge in [-0.1, -0.05) is 106 Å². The summed E-state index contributed by atoms with van der Waals surface area (Å²) in [5, 5.41) is 0. The van der Waals surface area contributed by atoms with Crippen molar-refractivity contribution in [1.82, 2.24) is 0 Å². The second kappa shape index (κ2) is 20.3. The number of unbranched alkanes of at least 4 members (excludes halogenated alkanes) is 5. The second-order valence-electron chi connectivity index (χ2n) is 5.65. The molecule has 0 aromatic rings. The summed E-state index contributed by atoms with van der Waals surface area (Å²) in [4.78, 5) is 0. The van der Waals surface area contributed by atoms with Crippen molar-refractivity contribution in [3.63, 3.8) is 0 Å². The van der Waals surface area contributed by atoms with Gasteiger partial charge in [0.25, 0.3) is 0 Å². The molecule has 1 rings (SSSR count). The molecule has 122 valence electrons. The number of rotatable bonds is 5. The lowest BCUT2D eigenvalue weighted by atomic mass is 9.82. The molecular weight excluding hydrogens is 232 g/mol. The van der Waals surface area contributed by atoms with Crippen LogP contribution in [0.15, 0.2) is 0 Å². The molecule has 0 aliphatic heterocycles. The summed E-state index contributed by atoms with van der Waals surface area (Å²) in [5.74, 6) is 2.01. The minimum absolute atomic E-state index is 0. The van der Waals surface area contributed by atoms with Crippen molar-refractivity contribution < 1.29 is 6.90 Å². The van der Waals surface area contributed by atoms with Crippen molar-refractivity contribution in [2.45, 2.75) is 106 Å². The van der Waals surface area contributed by atoms with E-state index in [1.165, 1.54) is 64.2 Å². The normalized spacial score (nSPS) is 21.2. The summed E-state index contributed by atoms with van der Waals surface area (Å²) in [7, 11) is 0. The zero-order chi connectivity index (χ0) is 14.2. The van der Waals surface area contributed by atoms with E-state index in [-0.39, 0.29) is 6.90 Å². The quantitative estimate of drug-likeness (QED) is 0.504. The smallest absolute Gasteiger partial charge is 0 e. The van der Waals surface area contributed by atoms with Crippen LogP contribution in [-0.2, 0) is 0 Å². The average Bonchev–Trinajstić information content (AvgIpc) is 2.41. The van der Waals surface area contributed by atoms with Crippen molar-refractivity contribution in [2.24, 2.45) is 11.8 Å². The van der Waals surface area contributed by atoms with E-state index in [0.717, 1.165) is 11.8 Å². The van der Waals surface area contributed by atoms with Crippen molar-refractivity contribution >= 4 is 0 Å². The molecule has 0 heterocycles. The van der Waals surface area contributed by atoms with E-state index in [9.17, 15) is 0 Å². The fourth-order valence-corrected chi connectivity index (χ4v) is 2.36. The van der Waals surface area contributed by atoms with E-state index in [4.69, 9.17) is 0 Å². The molecule has 1 aliphatic rings. The maximum absolute atomic E-state index is 2.38. The highest BCUT2D eigenvalue weighted by molar-refractivity contribution is 4.67. The molecule has 0 spiro atoms. The molecule has 1 nitrogen and oxygen atoms in total. The molecule has 1 saturated carbocycles. The van der Waals surface area contributed by atoms with Crippen molar-refractivity contribution in [3.05, 3.63) is 0 Å². The van der Waals surface area contributed by atoms with Gasteiger partial charge in [0, 0.05) is 1.43 Å². The van der Waals surface area contributed by atoms with Gasteiger partial charge in [-0.3, -0.25) is 0 Å². The van der Waals surface area contributed by atoms with Gasteiger partial charge in [0.05, 0.1) is 0 Å². The van der Waals surface area contributed by atoms with Crippen LogP contribution in [0.2, 0.25) is 0 Å². The lowest BCUT2D eigenvalue weighted by Crippen LogP contribution is -2.12. The van der Waals surface area contributed by atoms with E-state index in [1.807, 2.05) is 13.8 Å². The summed E-state index contributed by atoms with van der Waals surface area (Å²) >= 11 is 0. The van der Waals surface area contributed by atoms with Crippen molar-refractivity contribution in [3.8, 4) is 0 Å². The molecule has 2 N–H and O–H groups in total. The predicted molar refractivity (Wildman–Crippen MR) is 92.9 cm³/mol. The number of hydrogen-bond acceptors (Lipinski definition) is 0. The van der Waals surface area contributed by atoms with Crippen LogP contribution >= 0.6 is 0 Å². The van der Waals surface area contributed by atoms with E-state index >= 15 is 0 Å². The van der Waals surface area contributed by atoms with Crippen LogP contribution in [0.4, 0.5) is 0 Å². The lowest BCUT2D eigenvalue weighted by molar-refractivity contribution is 0.277. The molecule has 0 saturated heterocycles. The van der Waals surface area contributed by atoms with E-state index < -0.39 is 0 Å². The second-order valence-corrected chi connectivity index (χ2v) is 5.65. The van der Waals surface area contributed by atoms with Gasteiger partial charge in [-0.25, -0.2) is 0 Å². The molecule has 19 heavy (non-hydrogen) atoms. The van der Waals surface area contributed by atoms with Crippen LogP contribution < -0.4 is 0 Å². The maximum Gasteiger partial charge on any atom is 0 e. The van der Waals surface area contributed by atoms with Gasteiger partial charge in [0.1, 0.15) is 0 Å². The Bertz CT molecular complexity index is 123. The molecule has 1 aliphatic carbocycles. The van der Waals surface area contributed by atoms with Crippen LogP contribution in [0, 0.1) is 11.8 Å². The molecule has 0 bridgehead atoms. The summed E-state index contributed by atoms with van der Waals surface area (Å²) in [5.41, 5.74) is 0. The average molecular weight is 277 g/mol. The van der Waals surface area contributed by atoms with E-state index in [1.54, 1.807) is 0 Å². The van der Waals surface area contributed by atoms with Crippen molar-refractivity contribution in [2.75, 3.05) is 0 Å². The highest BCUT2D eigenvalue weighted by Crippen LogP contribution is 2.28. The molecule has 0 aromatic heterocycles. The zero-order valence-corrected chi connectivity index (χ0v) is 14.7. The molecule has 0 aromatic carbocycles. The monoisotopic (exact) mass is 276 g/mol. The largest absolute Gasteiger partial charge is 0.412 e. The number of hydrogen-bond donors (Lipinski definition) is 0. The van der Waals surface area contributed by atoms with E-state index in [0.29, 0.717) is 0 Å². The van der Waals surface area contributed by atoms with Crippen LogP contribution in [0.25, 0.3) is 0 Å². The third-order valence-electron chi connectivity index (χ3n) is 4.00. The van der Waals surface area contributed by atoms with Gasteiger partial charge in [-0.2, -0.15) is 0 Å². The fourth-order valence-electron chi connectivity index (χ4n) is 2.36. The minimum Gasteiger partial charge on any atom is -0.412 e. The van der Waals surface area contributed by atoms with Crippen LogP contribution in [0.3, 0.4) is 0 Å². The van der Waals surface area contributed by atoms with Gasteiger partial charge in [0.2, 0.25) is 0 Å². The Morgan fingerprint density at radius 1 is 0.737 bits per heavy atom. The standard InChI is InChI=1S/C8H16.C8H18.C2H6.H2O.H2/c1-7-5-3-4-6-8(7)2;1-3-5-7-8-6-4-2;1-2;;/h7-8H,3-6H2,1-2H3;3-8H2,1-2H3;1-2H3;1H2;1H. The SMILES string of the molecule is CC.CC1CCCCC1C.CCCCCCCC.O.[HH]. The Hall–Kier alpha value is -0.0400. The summed E-state index contributed by atoms with van der Waals surface area (Å²) in [6, 6.07) is 0. The lowest BCUT2D eigenvalue weighted by Gasteiger charge is -2.24. The molecule has 1 fully saturated rings. The molecule has 2 unspecified atom stereocenters. The van der Waals surface area contributed by atoms with Gasteiger partial charge in [-0.05, 0) is 11.8 Å². The third-order valence-corrected chi connectivity index (χ3v) is 4.00. The Balaban J connectivity index is -0.000000104. The Kier molecular flexibility index (Phi) is 25.6. The maximum atomic E-state index is 2.38. The van der Waals surface area contributed by atoms with Crippen LogP contribution in [-0.4, -0.2) is 5.48 Å². The van der Waals surface area contributed by atoms with Crippen LogP contribution in [0.5, 0.6) is 0 Å². The van der Waals surface area contributed by atoms with Gasteiger partial charge in [0.15, 0.2) is 0 Å². The molecular formula is C18H44O. The Labute approximate surface area is 125 Å². The summed E-state index contributed by atoms with van der Waals surface area (Å²) < 4.78 is 0. The molecule has 1 heteroatoms. The first-order chi connectivity index (χ1) is 8.72. The van der Waals surface area contributed by atoms with Crippen molar-refractivity contribution in [1.29, 1.82) is 0 Å². The van der Waals surface area contributed by atoms with Gasteiger partial charge < -0.3 is 5.48 Å². The molecule has 2 atom stereocenters. The van der Waals surface area contributed by atoms with Gasteiger partial charge >= 0.3 is 0 Å². The highest BCUT2D eigenvalue weighted by Gasteiger charge is 2.15. The summed E-state index contributed by atoms with van der Waals surface area (Å²) in [6.07, 6.45) is 14.4. The fraction of sp³-hybridized carbons (Fsp3) is 1.00. The Morgan fingerprint density at radius 2 is 1.05 bits per heavy atom. The minimum atomic E-state index is 0. The third kappa shape index (κ3) is 18.0. The van der Waals surface area contributed by atoms with E-state index in [2.05, 4.69) is 27.7 Å². The zero-order valence-electron chi connectivity index (χ0n) is 14.7. The van der Waals surface area contributed by atoms with Gasteiger partial charge in [-0.15, -0.1) is 0 Å². The first-order valence-corrected chi connectivity index (χ1v) is 8.72. The molecule has 0 radical (unpaired) electrons. The summed E-state index contributed by atoms with van der Waals surface area (Å²) in [6.45, 7) is 13.3.